The molecular weight excluding hydrogens is 260 g/mol. The first-order valence-electron chi connectivity index (χ1n) is 5.45. The topological polar surface area (TPSA) is 88.3 Å². The number of nitrogen functional groups attached to an aromatic ring is 1. The Morgan fingerprint density at radius 1 is 1.35 bits per heavy atom. The maximum absolute atomic E-state index is 11.6. The summed E-state index contributed by atoms with van der Waals surface area (Å²) in [4.78, 5) is 0.119. The molecule has 6 nitrogen and oxygen atoms in total. The Morgan fingerprint density at radius 2 is 2.00 bits per heavy atom. The second kappa shape index (κ2) is 4.79. The third kappa shape index (κ3) is 2.88. The summed E-state index contributed by atoms with van der Waals surface area (Å²) >= 11 is 1.09. The molecule has 0 aliphatic carbocycles. The zero-order valence-corrected chi connectivity index (χ0v) is 11.3. The number of nitrogens with zero attached hydrogens (tertiary/aromatic N) is 2. The van der Waals surface area contributed by atoms with Gasteiger partial charge in [0.25, 0.3) is 0 Å². The number of hydrogen-bond donors (Lipinski definition) is 2. The molecule has 0 atom stereocenters. The molecule has 2 rings (SSSR count). The van der Waals surface area contributed by atoms with Crippen molar-refractivity contribution in [2.75, 3.05) is 30.5 Å². The minimum Gasteiger partial charge on any atom is -0.382 e. The fraction of sp³-hybridized carbons (Fsp3) is 0.667. The zero-order valence-electron chi connectivity index (χ0n) is 9.64. The second-order valence-corrected chi connectivity index (χ2v) is 6.88. The molecule has 3 N–H and O–H groups in total. The second-order valence-electron chi connectivity index (χ2n) is 4.16. The fourth-order valence-electron chi connectivity index (χ4n) is 1.87. The van der Waals surface area contributed by atoms with Crippen LogP contribution in [0.2, 0.25) is 0 Å². The maximum Gasteiger partial charge on any atom is 0.182 e. The lowest BCUT2D eigenvalue weighted by atomic mass is 10.2. The van der Waals surface area contributed by atoms with E-state index in [2.05, 4.69) is 9.80 Å². The van der Waals surface area contributed by atoms with Crippen molar-refractivity contribution in [2.45, 2.75) is 24.2 Å². The molecule has 1 aromatic heterocycles. The van der Waals surface area contributed by atoms with Crippen LogP contribution in [-0.4, -0.2) is 37.1 Å². The lowest BCUT2D eigenvalue weighted by Crippen LogP contribution is -2.34. The van der Waals surface area contributed by atoms with E-state index >= 15 is 0 Å². The summed E-state index contributed by atoms with van der Waals surface area (Å²) in [5, 5.41) is 2.54. The monoisotopic (exact) mass is 276 g/mol. The predicted molar refractivity (Wildman–Crippen MR) is 68.7 cm³/mol. The highest BCUT2D eigenvalue weighted by atomic mass is 32.2. The van der Waals surface area contributed by atoms with Crippen LogP contribution in [0.25, 0.3) is 0 Å². The van der Waals surface area contributed by atoms with Crippen LogP contribution >= 0.6 is 11.5 Å². The van der Waals surface area contributed by atoms with Crippen molar-refractivity contribution in [1.82, 2.24) is 9.38 Å². The van der Waals surface area contributed by atoms with E-state index < -0.39 is 9.84 Å². The number of aromatic nitrogens is 1. The normalized spacial score (nSPS) is 18.2. The van der Waals surface area contributed by atoms with E-state index in [1.165, 1.54) is 6.42 Å². The first kappa shape index (κ1) is 12.6. The maximum atomic E-state index is 11.6. The number of nitrogens with one attached hydrogen (secondary N) is 1. The van der Waals surface area contributed by atoms with E-state index in [1.54, 1.807) is 0 Å². The number of sulfone groups is 1. The summed E-state index contributed by atoms with van der Waals surface area (Å²) in [5.41, 5.74) is 8.70. The molecule has 96 valence electrons. The number of hydrogen-bond acceptors (Lipinski definition) is 7. The Hall–Kier alpha value is -0.860. The smallest absolute Gasteiger partial charge is 0.182 e. The molecule has 0 bridgehead atoms. The fourth-order valence-corrected chi connectivity index (χ4v) is 3.94. The van der Waals surface area contributed by atoms with E-state index in [9.17, 15) is 8.42 Å². The molecule has 0 saturated carbocycles. The van der Waals surface area contributed by atoms with Gasteiger partial charge in [-0.25, -0.2) is 13.4 Å². The van der Waals surface area contributed by atoms with Gasteiger partial charge in [-0.1, -0.05) is 6.42 Å². The number of anilines is 2. The molecule has 0 amide bonds. The summed E-state index contributed by atoms with van der Waals surface area (Å²) in [7, 11) is -3.34. The van der Waals surface area contributed by atoms with Crippen LogP contribution in [0.4, 0.5) is 10.8 Å². The molecule has 0 radical (unpaired) electrons. The summed E-state index contributed by atoms with van der Waals surface area (Å²) < 4.78 is 27.1. The number of hydrazine groups is 1. The van der Waals surface area contributed by atoms with Crippen LogP contribution in [0.3, 0.4) is 0 Å². The Labute approximate surface area is 105 Å². The molecule has 2 heterocycles. The van der Waals surface area contributed by atoms with Crippen molar-refractivity contribution in [1.29, 1.82) is 0 Å². The van der Waals surface area contributed by atoms with Gasteiger partial charge in [0.15, 0.2) is 15.7 Å². The van der Waals surface area contributed by atoms with E-state index in [0.717, 1.165) is 43.7 Å². The molecule has 1 aromatic rings. The van der Waals surface area contributed by atoms with Crippen molar-refractivity contribution < 1.29 is 8.42 Å². The minimum atomic E-state index is -3.34. The summed E-state index contributed by atoms with van der Waals surface area (Å²) in [6.07, 6.45) is 4.61. The van der Waals surface area contributed by atoms with Crippen LogP contribution in [0.1, 0.15) is 19.3 Å². The van der Waals surface area contributed by atoms with Crippen molar-refractivity contribution in [3.05, 3.63) is 0 Å². The van der Waals surface area contributed by atoms with Crippen molar-refractivity contribution in [2.24, 2.45) is 0 Å². The van der Waals surface area contributed by atoms with Gasteiger partial charge >= 0.3 is 0 Å². The summed E-state index contributed by atoms with van der Waals surface area (Å²) in [5.74, 6) is 0.0806. The SMILES string of the molecule is CS(=O)(=O)c1c(N)nsc1NN1CCCCC1. The largest absolute Gasteiger partial charge is 0.382 e. The van der Waals surface area contributed by atoms with Crippen LogP contribution in [0, 0.1) is 0 Å². The summed E-state index contributed by atoms with van der Waals surface area (Å²) in [6.45, 7) is 1.84. The van der Waals surface area contributed by atoms with Gasteiger partial charge in [-0.3, -0.25) is 0 Å². The predicted octanol–water partition coefficient (Wildman–Crippen LogP) is 0.942. The van der Waals surface area contributed by atoms with Crippen LogP contribution in [-0.2, 0) is 9.84 Å². The van der Waals surface area contributed by atoms with Gasteiger partial charge in [0.05, 0.1) is 0 Å². The van der Waals surface area contributed by atoms with E-state index in [4.69, 9.17) is 5.73 Å². The molecule has 1 aliphatic heterocycles. The molecular formula is C9H16N4O2S2. The van der Waals surface area contributed by atoms with E-state index in [-0.39, 0.29) is 10.7 Å². The highest BCUT2D eigenvalue weighted by Gasteiger charge is 2.23. The standard InChI is InChI=1S/C9H16N4O2S2/c1-17(14,15)7-8(10)12-16-9(7)11-13-5-3-2-4-6-13/h11H,2-6H2,1H3,(H2,10,12). The van der Waals surface area contributed by atoms with Crippen LogP contribution in [0.15, 0.2) is 4.90 Å². The number of piperidine rings is 1. The first-order valence-corrected chi connectivity index (χ1v) is 8.12. The van der Waals surface area contributed by atoms with Crippen molar-refractivity contribution in [3.8, 4) is 0 Å². The molecule has 17 heavy (non-hydrogen) atoms. The Balaban J connectivity index is 2.21. The third-order valence-electron chi connectivity index (χ3n) is 2.66. The lowest BCUT2D eigenvalue weighted by molar-refractivity contribution is 0.273. The molecule has 8 heteroatoms. The molecule has 1 fully saturated rings. The van der Waals surface area contributed by atoms with Gasteiger partial charge in [-0.05, 0) is 24.4 Å². The van der Waals surface area contributed by atoms with E-state index in [1.807, 2.05) is 5.01 Å². The molecule has 0 aromatic carbocycles. The highest BCUT2D eigenvalue weighted by Crippen LogP contribution is 2.31. The van der Waals surface area contributed by atoms with Gasteiger partial charge < -0.3 is 11.2 Å². The van der Waals surface area contributed by atoms with Crippen LogP contribution in [0.5, 0.6) is 0 Å². The number of rotatable bonds is 3. The Kier molecular flexibility index (Phi) is 3.55. The molecule has 1 aliphatic rings. The zero-order chi connectivity index (χ0) is 12.5. The van der Waals surface area contributed by atoms with Gasteiger partial charge in [-0.2, -0.15) is 4.37 Å². The van der Waals surface area contributed by atoms with Crippen molar-refractivity contribution in [3.63, 3.8) is 0 Å². The minimum absolute atomic E-state index is 0.0806. The van der Waals surface area contributed by atoms with E-state index in [0.29, 0.717) is 5.00 Å². The highest BCUT2D eigenvalue weighted by molar-refractivity contribution is 7.91. The Bertz CT molecular complexity index is 491. The average molecular weight is 276 g/mol. The molecule has 0 spiro atoms. The van der Waals surface area contributed by atoms with Crippen LogP contribution < -0.4 is 11.2 Å². The Morgan fingerprint density at radius 3 is 2.59 bits per heavy atom. The van der Waals surface area contributed by atoms with Gasteiger partial charge in [0, 0.05) is 19.3 Å². The summed E-state index contributed by atoms with van der Waals surface area (Å²) in [6, 6.07) is 0. The average Bonchev–Trinajstić information content (AvgIpc) is 2.60. The quantitative estimate of drug-likeness (QED) is 0.854. The van der Waals surface area contributed by atoms with Crippen molar-refractivity contribution >= 4 is 32.2 Å². The number of nitrogens with two attached hydrogens (primary N) is 1. The van der Waals surface area contributed by atoms with Gasteiger partial charge in [0.2, 0.25) is 0 Å². The molecule has 1 saturated heterocycles. The van der Waals surface area contributed by atoms with Gasteiger partial charge in [-0.15, -0.1) is 0 Å². The van der Waals surface area contributed by atoms with Gasteiger partial charge in [0.1, 0.15) is 9.90 Å². The third-order valence-corrected chi connectivity index (χ3v) is 4.71. The first-order chi connectivity index (χ1) is 7.98. The molecule has 0 unspecified atom stereocenters. The lowest BCUT2D eigenvalue weighted by Gasteiger charge is -2.27.